The second-order valence-corrected chi connectivity index (χ2v) is 13.2. The zero-order chi connectivity index (χ0) is 34.8. The molecule has 5 aromatic rings. The van der Waals surface area contributed by atoms with E-state index in [-0.39, 0.29) is 56.0 Å². The molecular weight excluding hydrogens is 679 g/mol. The van der Waals surface area contributed by atoms with E-state index in [9.17, 15) is 23.5 Å². The molecule has 2 atom stereocenters. The van der Waals surface area contributed by atoms with Crippen LogP contribution in [-0.4, -0.2) is 51.8 Å². The number of rotatable bonds is 9. The Balaban J connectivity index is 1.35. The van der Waals surface area contributed by atoms with Crippen molar-refractivity contribution in [2.45, 2.75) is 36.7 Å². The molecule has 2 aromatic carbocycles. The number of halogens is 4. The van der Waals surface area contributed by atoms with Crippen LogP contribution in [-0.2, 0) is 15.8 Å². The number of hydrogen-bond acceptors (Lipinski definition) is 7. The number of methoxy groups -OCH3 is 1. The van der Waals surface area contributed by atoms with Crippen LogP contribution in [0.25, 0.3) is 16.8 Å². The number of carbonyl (C=O) groups excluding carboxylic acids is 2. The summed E-state index contributed by atoms with van der Waals surface area (Å²) in [7, 11) is 1.48. The Labute approximate surface area is 288 Å². The molecule has 49 heavy (non-hydrogen) atoms. The zero-order valence-electron chi connectivity index (χ0n) is 26.2. The number of primary amides is 1. The van der Waals surface area contributed by atoms with Gasteiger partial charge in [0, 0.05) is 28.7 Å². The normalized spacial score (nSPS) is 18.1. The Morgan fingerprint density at radius 2 is 1.86 bits per heavy atom. The molecule has 2 aliphatic rings. The van der Waals surface area contributed by atoms with Crippen LogP contribution in [0.3, 0.4) is 0 Å². The highest BCUT2D eigenvalue weighted by Gasteiger charge is 2.46. The van der Waals surface area contributed by atoms with E-state index in [4.69, 9.17) is 43.4 Å². The van der Waals surface area contributed by atoms with Crippen molar-refractivity contribution in [3.63, 3.8) is 0 Å². The van der Waals surface area contributed by atoms with Crippen LogP contribution in [0.15, 0.2) is 60.7 Å². The number of aromatic nitrogens is 3. The second-order valence-electron chi connectivity index (χ2n) is 12.5. The van der Waals surface area contributed by atoms with Crippen molar-refractivity contribution in [3.8, 4) is 22.9 Å². The van der Waals surface area contributed by atoms with Gasteiger partial charge in [0.25, 0.3) is 5.91 Å². The minimum Gasteiger partial charge on any atom is -0.489 e. The van der Waals surface area contributed by atoms with Gasteiger partial charge in [-0.1, -0.05) is 35.3 Å². The molecule has 7 rings (SSSR count). The molecule has 3 aromatic heterocycles. The standard InChI is InChI=1S/C35H29Cl2F2N5O5/c1-34(33(40)46)16-49-31-23(34)14-26(42-30(31)22-9-10-24(39)29(37)28(22)36)35(47,19-5-7-20(38)8-6-19)15-41-32(45)18-11-21-13-25(17-3-4-17)43-44(21)27(12-18)48-2/h5-14,17,47H,3-4,15-16H2,1-2H3,(H2,40,46)(H,41,45)/t34-,35+/m0/s1. The minimum atomic E-state index is -2.13. The summed E-state index contributed by atoms with van der Waals surface area (Å²) >= 11 is 12.6. The number of pyridine rings is 2. The maximum absolute atomic E-state index is 14.3. The Kier molecular flexibility index (Phi) is 8.00. The number of nitrogens with one attached hydrogen (secondary N) is 1. The van der Waals surface area contributed by atoms with E-state index in [1.807, 2.05) is 6.07 Å². The van der Waals surface area contributed by atoms with Crippen LogP contribution in [0, 0.1) is 11.6 Å². The first-order valence-electron chi connectivity index (χ1n) is 15.3. The predicted octanol–water partition coefficient (Wildman–Crippen LogP) is 5.67. The molecule has 0 unspecified atom stereocenters. The lowest BCUT2D eigenvalue weighted by Crippen LogP contribution is -2.43. The smallest absolute Gasteiger partial charge is 0.251 e. The van der Waals surface area contributed by atoms with Crippen molar-refractivity contribution in [2.24, 2.45) is 5.73 Å². The van der Waals surface area contributed by atoms with Gasteiger partial charge < -0.3 is 25.6 Å². The molecule has 2 amide bonds. The van der Waals surface area contributed by atoms with Crippen molar-refractivity contribution in [1.29, 1.82) is 0 Å². The first-order valence-corrected chi connectivity index (χ1v) is 16.1. The molecule has 10 nitrogen and oxygen atoms in total. The van der Waals surface area contributed by atoms with Crippen LogP contribution < -0.4 is 20.5 Å². The van der Waals surface area contributed by atoms with Crippen LogP contribution in [0.2, 0.25) is 10.0 Å². The molecule has 0 radical (unpaired) electrons. The predicted molar refractivity (Wildman–Crippen MR) is 177 cm³/mol. The van der Waals surface area contributed by atoms with Crippen LogP contribution >= 0.6 is 23.2 Å². The fourth-order valence-electron chi connectivity index (χ4n) is 6.01. The van der Waals surface area contributed by atoms with Crippen LogP contribution in [0.1, 0.15) is 58.6 Å². The van der Waals surface area contributed by atoms with Gasteiger partial charge in [-0.2, -0.15) is 5.10 Å². The molecule has 0 saturated heterocycles. The first-order chi connectivity index (χ1) is 23.3. The third kappa shape index (κ3) is 5.53. The molecule has 1 saturated carbocycles. The van der Waals surface area contributed by atoms with Gasteiger partial charge in [0.2, 0.25) is 11.8 Å². The number of nitrogens with zero attached hydrogens (tertiary/aromatic N) is 3. The lowest BCUT2D eigenvalue weighted by Gasteiger charge is -2.30. The van der Waals surface area contributed by atoms with E-state index >= 15 is 0 Å². The maximum Gasteiger partial charge on any atom is 0.251 e. The summed E-state index contributed by atoms with van der Waals surface area (Å²) in [5, 5.41) is 19.4. The Bertz CT molecular complexity index is 2170. The molecule has 0 spiro atoms. The summed E-state index contributed by atoms with van der Waals surface area (Å²) in [5.41, 5.74) is 4.68. The molecule has 4 N–H and O–H groups in total. The SMILES string of the molecule is COc1cc(C(=O)NC[C@@](O)(c2ccc(F)cc2)c2cc3c(c(-c4ccc(F)c(Cl)c4Cl)n2)OC[C@]3(C)C(N)=O)cc2cc(C3CC3)nn12. The highest BCUT2D eigenvalue weighted by atomic mass is 35.5. The van der Waals surface area contributed by atoms with Gasteiger partial charge >= 0.3 is 0 Å². The van der Waals surface area contributed by atoms with Gasteiger partial charge in [0.15, 0.2) is 0 Å². The van der Waals surface area contributed by atoms with Gasteiger partial charge in [-0.25, -0.2) is 18.3 Å². The molecule has 1 fully saturated rings. The third-order valence-corrected chi connectivity index (χ3v) is 10.0. The average Bonchev–Trinajstić information content (AvgIpc) is 3.76. The molecule has 4 heterocycles. The lowest BCUT2D eigenvalue weighted by molar-refractivity contribution is -0.123. The first kappa shape index (κ1) is 32.8. The van der Waals surface area contributed by atoms with Gasteiger partial charge in [-0.05, 0) is 67.8 Å². The topological polar surface area (TPSA) is 141 Å². The monoisotopic (exact) mass is 707 g/mol. The molecule has 1 aliphatic heterocycles. The number of aliphatic hydroxyl groups is 1. The van der Waals surface area contributed by atoms with Crippen molar-refractivity contribution in [1.82, 2.24) is 19.9 Å². The number of amides is 2. The molecule has 252 valence electrons. The quantitative estimate of drug-likeness (QED) is 0.168. The minimum absolute atomic E-state index is 0.0404. The lowest BCUT2D eigenvalue weighted by atomic mass is 9.80. The fraction of sp³-hybridized carbons (Fsp3) is 0.257. The van der Waals surface area contributed by atoms with Crippen molar-refractivity contribution in [3.05, 3.63) is 110 Å². The number of benzene rings is 2. The second kappa shape index (κ2) is 12.0. The average molecular weight is 709 g/mol. The van der Waals surface area contributed by atoms with E-state index in [0.29, 0.717) is 17.3 Å². The van der Waals surface area contributed by atoms with Crippen molar-refractivity contribution in [2.75, 3.05) is 20.3 Å². The maximum atomic E-state index is 14.3. The van der Waals surface area contributed by atoms with Crippen LogP contribution in [0.5, 0.6) is 11.6 Å². The Hall–Kier alpha value is -4.78. The Morgan fingerprint density at radius 3 is 2.53 bits per heavy atom. The van der Waals surface area contributed by atoms with Crippen LogP contribution in [0.4, 0.5) is 8.78 Å². The number of carbonyl (C=O) groups is 2. The number of nitrogens with two attached hydrogens (primary N) is 1. The summed E-state index contributed by atoms with van der Waals surface area (Å²) in [6, 6.07) is 14.0. The third-order valence-electron chi connectivity index (χ3n) is 9.17. The molecule has 0 bridgehead atoms. The Morgan fingerprint density at radius 1 is 1.12 bits per heavy atom. The van der Waals surface area contributed by atoms with E-state index in [1.165, 1.54) is 37.4 Å². The van der Waals surface area contributed by atoms with Crippen molar-refractivity contribution < 1.29 is 33.0 Å². The van der Waals surface area contributed by atoms with E-state index < -0.39 is 41.0 Å². The van der Waals surface area contributed by atoms with Gasteiger partial charge in [-0.15, -0.1) is 0 Å². The number of fused-ring (bicyclic) bond motifs is 2. The van der Waals surface area contributed by atoms with Gasteiger partial charge in [-0.3, -0.25) is 9.59 Å². The van der Waals surface area contributed by atoms with Gasteiger partial charge in [0.05, 0.1) is 40.6 Å². The molecular formula is C35H29Cl2F2N5O5. The largest absolute Gasteiger partial charge is 0.489 e. The molecule has 1 aliphatic carbocycles. The number of ether oxygens (including phenoxy) is 2. The fourth-order valence-corrected chi connectivity index (χ4v) is 6.42. The highest BCUT2D eigenvalue weighted by molar-refractivity contribution is 6.43. The summed E-state index contributed by atoms with van der Waals surface area (Å²) in [6.07, 6.45) is 2.09. The summed E-state index contributed by atoms with van der Waals surface area (Å²) in [6.45, 7) is 0.950. The molecule has 14 heteroatoms. The van der Waals surface area contributed by atoms with E-state index in [0.717, 1.165) is 36.7 Å². The summed E-state index contributed by atoms with van der Waals surface area (Å²) in [4.78, 5) is 31.2. The van der Waals surface area contributed by atoms with E-state index in [2.05, 4.69) is 10.4 Å². The summed E-state index contributed by atoms with van der Waals surface area (Å²) in [5.74, 6) is -1.76. The highest BCUT2D eigenvalue weighted by Crippen LogP contribution is 2.48. The summed E-state index contributed by atoms with van der Waals surface area (Å²) < 4.78 is 41.5. The number of hydrogen-bond donors (Lipinski definition) is 3. The zero-order valence-corrected chi connectivity index (χ0v) is 27.7. The van der Waals surface area contributed by atoms with Gasteiger partial charge in [0.1, 0.15) is 40.7 Å². The van der Waals surface area contributed by atoms with Crippen molar-refractivity contribution >= 4 is 40.5 Å². The van der Waals surface area contributed by atoms with E-state index in [1.54, 1.807) is 17.5 Å².